The topological polar surface area (TPSA) is 72.2 Å². The maximum absolute atomic E-state index is 13.3. The molecule has 0 atom stereocenters. The van der Waals surface area contributed by atoms with Crippen LogP contribution in [-0.4, -0.2) is 13.6 Å². The van der Waals surface area contributed by atoms with Crippen LogP contribution in [0, 0.1) is 20.8 Å². The SMILES string of the molecule is Cc1ccc(CCc2cc(-c3ccc(C)cc3)sc2S(=O)(=O)Nc2onc(C)c2Br)cc1. The molecule has 0 aliphatic rings. The lowest BCUT2D eigenvalue weighted by Gasteiger charge is -2.07. The highest BCUT2D eigenvalue weighted by Gasteiger charge is 2.26. The van der Waals surface area contributed by atoms with Gasteiger partial charge in [-0.25, -0.2) is 13.1 Å². The molecule has 0 saturated carbocycles. The van der Waals surface area contributed by atoms with Crippen LogP contribution in [0.2, 0.25) is 0 Å². The first-order valence-electron chi connectivity index (χ1n) is 10.1. The Morgan fingerprint density at radius 2 is 1.59 bits per heavy atom. The van der Waals surface area contributed by atoms with Gasteiger partial charge < -0.3 is 4.52 Å². The van der Waals surface area contributed by atoms with Crippen molar-refractivity contribution in [2.24, 2.45) is 0 Å². The molecule has 166 valence electrons. The van der Waals surface area contributed by atoms with Crippen molar-refractivity contribution in [3.8, 4) is 10.4 Å². The summed E-state index contributed by atoms with van der Waals surface area (Å²) in [4.78, 5) is 0.914. The van der Waals surface area contributed by atoms with Crippen molar-refractivity contribution in [3.63, 3.8) is 0 Å². The molecule has 0 radical (unpaired) electrons. The van der Waals surface area contributed by atoms with Crippen molar-refractivity contribution in [3.05, 3.63) is 87.0 Å². The molecule has 4 rings (SSSR count). The second-order valence-corrected chi connectivity index (χ2v) is 11.5. The number of hydrogen-bond acceptors (Lipinski definition) is 5. The predicted molar refractivity (Wildman–Crippen MR) is 133 cm³/mol. The second-order valence-electron chi connectivity index (χ2n) is 7.79. The number of nitrogens with zero attached hydrogens (tertiary/aromatic N) is 1. The van der Waals surface area contributed by atoms with Crippen LogP contribution >= 0.6 is 27.3 Å². The molecule has 2 aromatic carbocycles. The fourth-order valence-electron chi connectivity index (χ4n) is 3.30. The summed E-state index contributed by atoms with van der Waals surface area (Å²) in [5, 5.41) is 3.82. The van der Waals surface area contributed by atoms with Crippen LogP contribution in [0.3, 0.4) is 0 Å². The Morgan fingerprint density at radius 3 is 2.19 bits per heavy atom. The summed E-state index contributed by atoms with van der Waals surface area (Å²) in [5.41, 5.74) is 5.88. The largest absolute Gasteiger partial charge is 0.336 e. The Balaban J connectivity index is 1.70. The molecule has 0 aliphatic heterocycles. The lowest BCUT2D eigenvalue weighted by atomic mass is 10.0. The summed E-state index contributed by atoms with van der Waals surface area (Å²) in [7, 11) is -3.85. The molecule has 0 unspecified atom stereocenters. The molecule has 32 heavy (non-hydrogen) atoms. The minimum absolute atomic E-state index is 0.0808. The molecule has 0 bridgehead atoms. The Labute approximate surface area is 200 Å². The Hall–Kier alpha value is -2.42. The molecule has 0 aliphatic carbocycles. The van der Waals surface area contributed by atoms with Crippen molar-refractivity contribution in [2.45, 2.75) is 37.8 Å². The van der Waals surface area contributed by atoms with E-state index in [4.69, 9.17) is 4.52 Å². The second kappa shape index (κ2) is 9.21. The standard InChI is InChI=1S/C24H23BrN2O3S2/c1-15-4-8-18(9-5-15)10-13-20-14-21(19-11-6-16(2)7-12-19)31-24(20)32(28,29)27-23-22(25)17(3)26-30-23/h4-9,11-12,14,27H,10,13H2,1-3H3. The first-order valence-corrected chi connectivity index (χ1v) is 13.2. The number of benzene rings is 2. The van der Waals surface area contributed by atoms with Crippen molar-refractivity contribution in [1.29, 1.82) is 0 Å². The van der Waals surface area contributed by atoms with Crippen LogP contribution in [0.4, 0.5) is 5.88 Å². The highest BCUT2D eigenvalue weighted by atomic mass is 79.9. The number of anilines is 1. The molecule has 0 saturated heterocycles. The van der Waals surface area contributed by atoms with E-state index in [-0.39, 0.29) is 5.88 Å². The van der Waals surface area contributed by atoms with Crippen molar-refractivity contribution < 1.29 is 12.9 Å². The maximum atomic E-state index is 13.3. The first-order chi connectivity index (χ1) is 15.2. The quantitative estimate of drug-likeness (QED) is 0.289. The van der Waals surface area contributed by atoms with Gasteiger partial charge in [-0.2, -0.15) is 0 Å². The van der Waals surface area contributed by atoms with Gasteiger partial charge in [0.1, 0.15) is 8.68 Å². The molecule has 4 aromatic rings. The highest BCUT2D eigenvalue weighted by Crippen LogP contribution is 2.37. The van der Waals surface area contributed by atoms with Gasteiger partial charge in [0, 0.05) is 4.88 Å². The first kappa shape index (κ1) is 22.8. The highest BCUT2D eigenvalue weighted by molar-refractivity contribution is 9.10. The third-order valence-electron chi connectivity index (χ3n) is 5.17. The molecule has 5 nitrogen and oxygen atoms in total. The van der Waals surface area contributed by atoms with Crippen molar-refractivity contribution in [1.82, 2.24) is 5.16 Å². The number of nitrogens with one attached hydrogen (secondary N) is 1. The van der Waals surface area contributed by atoms with Crippen LogP contribution in [0.15, 0.2) is 67.8 Å². The predicted octanol–water partition coefficient (Wildman–Crippen LogP) is 6.68. The Morgan fingerprint density at radius 1 is 0.969 bits per heavy atom. The van der Waals surface area contributed by atoms with Gasteiger partial charge in [-0.1, -0.05) is 64.8 Å². The van der Waals surface area contributed by atoms with Gasteiger partial charge in [-0.05, 0) is 72.3 Å². The zero-order valence-corrected chi connectivity index (χ0v) is 21.2. The molecule has 0 amide bonds. The fourth-order valence-corrected chi connectivity index (χ4v) is 6.44. The van der Waals surface area contributed by atoms with Crippen LogP contribution < -0.4 is 4.72 Å². The van der Waals surface area contributed by atoms with E-state index >= 15 is 0 Å². The number of halogens is 1. The summed E-state index contributed by atoms with van der Waals surface area (Å²) in [6, 6.07) is 18.4. The molecule has 0 spiro atoms. The number of aryl methyl sites for hydroxylation is 5. The number of thiophene rings is 1. The zero-order valence-electron chi connectivity index (χ0n) is 18.0. The van der Waals surface area contributed by atoms with Gasteiger partial charge in [0.05, 0.1) is 5.69 Å². The molecule has 2 heterocycles. The van der Waals surface area contributed by atoms with Crippen LogP contribution in [0.5, 0.6) is 0 Å². The van der Waals surface area contributed by atoms with Gasteiger partial charge in [-0.3, -0.25) is 0 Å². The van der Waals surface area contributed by atoms with E-state index in [1.807, 2.05) is 37.3 Å². The average Bonchev–Trinajstić information content (AvgIpc) is 3.33. The van der Waals surface area contributed by atoms with E-state index in [2.05, 4.69) is 57.0 Å². The molecule has 1 N–H and O–H groups in total. The lowest BCUT2D eigenvalue weighted by Crippen LogP contribution is -2.13. The zero-order chi connectivity index (χ0) is 22.9. The average molecular weight is 531 g/mol. The van der Waals surface area contributed by atoms with E-state index in [1.165, 1.54) is 22.5 Å². The van der Waals surface area contributed by atoms with E-state index < -0.39 is 10.0 Å². The van der Waals surface area contributed by atoms with Gasteiger partial charge in [0.15, 0.2) is 0 Å². The van der Waals surface area contributed by atoms with E-state index in [0.29, 0.717) is 20.8 Å². The van der Waals surface area contributed by atoms with Crippen LogP contribution in [0.1, 0.15) is 27.9 Å². The number of sulfonamides is 1. The normalized spacial score (nSPS) is 11.6. The number of aromatic nitrogens is 1. The van der Waals surface area contributed by atoms with Crippen LogP contribution in [-0.2, 0) is 22.9 Å². The van der Waals surface area contributed by atoms with Gasteiger partial charge in [0.25, 0.3) is 15.9 Å². The summed E-state index contributed by atoms with van der Waals surface area (Å²) in [5.74, 6) is 0.0808. The summed E-state index contributed by atoms with van der Waals surface area (Å²) in [6.07, 6.45) is 1.36. The minimum atomic E-state index is -3.85. The molecule has 0 fully saturated rings. The van der Waals surface area contributed by atoms with E-state index in [1.54, 1.807) is 6.92 Å². The molecular weight excluding hydrogens is 508 g/mol. The number of hydrogen-bond donors (Lipinski definition) is 1. The van der Waals surface area contributed by atoms with Crippen LogP contribution in [0.25, 0.3) is 10.4 Å². The Kier molecular flexibility index (Phi) is 6.55. The maximum Gasteiger partial charge on any atom is 0.274 e. The monoisotopic (exact) mass is 530 g/mol. The van der Waals surface area contributed by atoms with Gasteiger partial charge >= 0.3 is 0 Å². The third kappa shape index (κ3) is 4.98. The lowest BCUT2D eigenvalue weighted by molar-refractivity contribution is 0.430. The molecule has 8 heteroatoms. The van der Waals surface area contributed by atoms with Crippen molar-refractivity contribution in [2.75, 3.05) is 4.72 Å². The van der Waals surface area contributed by atoms with Crippen molar-refractivity contribution >= 4 is 43.2 Å². The van der Waals surface area contributed by atoms with E-state index in [9.17, 15) is 8.42 Å². The Bertz CT molecular complexity index is 1340. The minimum Gasteiger partial charge on any atom is -0.336 e. The summed E-state index contributed by atoms with van der Waals surface area (Å²) < 4.78 is 35.2. The summed E-state index contributed by atoms with van der Waals surface area (Å²) >= 11 is 4.60. The molecule has 2 aromatic heterocycles. The van der Waals surface area contributed by atoms with Gasteiger partial charge in [0.2, 0.25) is 0 Å². The van der Waals surface area contributed by atoms with Gasteiger partial charge in [-0.15, -0.1) is 11.3 Å². The van der Waals surface area contributed by atoms with E-state index in [0.717, 1.165) is 28.0 Å². The number of rotatable bonds is 7. The summed E-state index contributed by atoms with van der Waals surface area (Å²) in [6.45, 7) is 5.82. The fraction of sp³-hybridized carbons (Fsp3) is 0.208. The third-order valence-corrected chi connectivity index (χ3v) is 9.24. The molecular formula is C24H23BrN2O3S2. The smallest absolute Gasteiger partial charge is 0.274 e.